The molecule has 0 amide bonds. The Balaban J connectivity index is 2.25. The van der Waals surface area contributed by atoms with Crippen LogP contribution in [0.1, 0.15) is 11.3 Å². The lowest BCUT2D eigenvalue weighted by atomic mass is 10.3. The normalized spacial score (nSPS) is 10.1. The Morgan fingerprint density at radius 3 is 2.94 bits per heavy atom. The van der Waals surface area contributed by atoms with Gasteiger partial charge < -0.3 is 14.8 Å². The van der Waals surface area contributed by atoms with Crippen LogP contribution in [0.5, 0.6) is 0 Å². The first kappa shape index (κ1) is 12.9. The molecule has 88 valence electrons. The Hall–Kier alpha value is -1.16. The Labute approximate surface area is 99.2 Å². The molecule has 0 aliphatic carbocycles. The summed E-state index contributed by atoms with van der Waals surface area (Å²) in [5, 5.41) is 12.8. The van der Waals surface area contributed by atoms with E-state index in [1.54, 1.807) is 7.11 Å². The largest absolute Gasteiger partial charge is 0.382 e. The summed E-state index contributed by atoms with van der Waals surface area (Å²) in [6.45, 7) is 4.27. The minimum Gasteiger partial charge on any atom is -0.382 e. The molecule has 0 atom stereocenters. The Kier molecular flexibility index (Phi) is 5.78. The maximum atomic E-state index is 8.89. The van der Waals surface area contributed by atoms with Crippen LogP contribution in [0.3, 0.4) is 0 Å². The van der Waals surface area contributed by atoms with E-state index in [1.165, 1.54) is 11.5 Å². The Morgan fingerprint density at radius 2 is 2.25 bits per heavy atom. The van der Waals surface area contributed by atoms with Gasteiger partial charge in [-0.1, -0.05) is 0 Å². The highest BCUT2D eigenvalue weighted by atomic mass is 32.1. The zero-order valence-corrected chi connectivity index (χ0v) is 10.3. The first-order valence-corrected chi connectivity index (χ1v) is 5.74. The third-order valence-electron chi connectivity index (χ3n) is 1.94. The van der Waals surface area contributed by atoms with Crippen LogP contribution >= 0.6 is 11.5 Å². The lowest BCUT2D eigenvalue weighted by Gasteiger charge is -2.05. The Bertz CT molecular complexity index is 359. The molecule has 0 saturated heterocycles. The zero-order chi connectivity index (χ0) is 11.8. The number of nitriles is 1. The van der Waals surface area contributed by atoms with Gasteiger partial charge in [-0.3, -0.25) is 0 Å². The van der Waals surface area contributed by atoms with Crippen molar-refractivity contribution in [3.05, 3.63) is 11.3 Å². The van der Waals surface area contributed by atoms with E-state index in [9.17, 15) is 0 Å². The van der Waals surface area contributed by atoms with Gasteiger partial charge in [0.2, 0.25) is 0 Å². The molecule has 6 heteroatoms. The molecule has 0 saturated carbocycles. The third-order valence-corrected chi connectivity index (χ3v) is 2.83. The third kappa shape index (κ3) is 3.77. The van der Waals surface area contributed by atoms with Crippen LogP contribution in [-0.4, -0.2) is 37.8 Å². The molecule has 1 aromatic heterocycles. The molecule has 0 fully saturated rings. The summed E-state index contributed by atoms with van der Waals surface area (Å²) in [4.78, 5) is 0. The smallest absolute Gasteiger partial charge is 0.127 e. The van der Waals surface area contributed by atoms with E-state index in [-0.39, 0.29) is 0 Å². The van der Waals surface area contributed by atoms with Crippen LogP contribution in [0.4, 0.5) is 5.00 Å². The van der Waals surface area contributed by atoms with Crippen LogP contribution in [0, 0.1) is 18.3 Å². The van der Waals surface area contributed by atoms with Gasteiger partial charge in [0, 0.05) is 13.7 Å². The van der Waals surface area contributed by atoms with Gasteiger partial charge in [-0.2, -0.15) is 9.64 Å². The highest BCUT2D eigenvalue weighted by Crippen LogP contribution is 2.22. The second kappa shape index (κ2) is 7.17. The number of methoxy groups -OCH3 is 1. The van der Waals surface area contributed by atoms with Crippen LogP contribution in [-0.2, 0) is 9.47 Å². The number of nitrogens with one attached hydrogen (secondary N) is 1. The van der Waals surface area contributed by atoms with Crippen LogP contribution in [0.2, 0.25) is 0 Å². The molecule has 1 aromatic rings. The number of nitrogens with zero attached hydrogens (tertiary/aromatic N) is 2. The standard InChI is InChI=1S/C10H15N3O2S/c1-8-9(7-11)10(16-13-8)12-3-4-15-6-5-14-2/h12H,3-6H2,1-2H3. The van der Waals surface area contributed by atoms with Crippen molar-refractivity contribution in [2.24, 2.45) is 0 Å². The summed E-state index contributed by atoms with van der Waals surface area (Å²) in [5.41, 5.74) is 1.40. The number of rotatable bonds is 7. The number of hydrogen-bond acceptors (Lipinski definition) is 6. The van der Waals surface area contributed by atoms with Crippen molar-refractivity contribution in [2.45, 2.75) is 6.92 Å². The van der Waals surface area contributed by atoms with Gasteiger partial charge in [-0.15, -0.1) is 0 Å². The van der Waals surface area contributed by atoms with E-state index in [1.807, 2.05) is 6.92 Å². The zero-order valence-electron chi connectivity index (χ0n) is 9.45. The predicted octanol–water partition coefficient (Wildman–Crippen LogP) is 1.40. The van der Waals surface area contributed by atoms with Gasteiger partial charge in [0.15, 0.2) is 0 Å². The summed E-state index contributed by atoms with van der Waals surface area (Å²) in [6, 6.07) is 2.13. The highest BCUT2D eigenvalue weighted by Gasteiger charge is 2.08. The molecule has 0 radical (unpaired) electrons. The number of aromatic nitrogens is 1. The van der Waals surface area contributed by atoms with Crippen molar-refractivity contribution in [2.75, 3.05) is 38.8 Å². The lowest BCUT2D eigenvalue weighted by Crippen LogP contribution is -2.11. The molecular weight excluding hydrogens is 226 g/mol. The minimum atomic E-state index is 0.588. The van der Waals surface area contributed by atoms with E-state index in [0.29, 0.717) is 31.9 Å². The SMILES string of the molecule is COCCOCCNc1snc(C)c1C#N. The molecule has 1 N–H and O–H groups in total. The molecule has 1 heterocycles. The molecule has 0 aromatic carbocycles. The van der Waals surface area contributed by atoms with Gasteiger partial charge in [-0.25, -0.2) is 0 Å². The molecule has 5 nitrogen and oxygen atoms in total. The van der Waals surface area contributed by atoms with E-state index in [2.05, 4.69) is 15.8 Å². The molecule has 0 unspecified atom stereocenters. The van der Waals surface area contributed by atoms with Gasteiger partial charge in [0.1, 0.15) is 16.6 Å². The van der Waals surface area contributed by atoms with Crippen LogP contribution in [0.15, 0.2) is 0 Å². The first-order valence-electron chi connectivity index (χ1n) is 4.96. The topological polar surface area (TPSA) is 67.2 Å². The maximum absolute atomic E-state index is 8.89. The van der Waals surface area contributed by atoms with Crippen molar-refractivity contribution >= 4 is 16.5 Å². The van der Waals surface area contributed by atoms with E-state index in [0.717, 1.165) is 10.7 Å². The molecule has 1 rings (SSSR count). The van der Waals surface area contributed by atoms with Crippen LogP contribution in [0.25, 0.3) is 0 Å². The highest BCUT2D eigenvalue weighted by molar-refractivity contribution is 7.10. The first-order chi connectivity index (χ1) is 7.79. The molecule has 16 heavy (non-hydrogen) atoms. The molecule has 0 spiro atoms. The van der Waals surface area contributed by atoms with Crippen molar-refractivity contribution < 1.29 is 9.47 Å². The monoisotopic (exact) mass is 241 g/mol. The summed E-state index contributed by atoms with van der Waals surface area (Å²) < 4.78 is 14.3. The fourth-order valence-corrected chi connectivity index (χ4v) is 1.87. The van der Waals surface area contributed by atoms with E-state index in [4.69, 9.17) is 14.7 Å². The van der Waals surface area contributed by atoms with Crippen molar-refractivity contribution in [1.82, 2.24) is 4.37 Å². The quantitative estimate of drug-likeness (QED) is 0.731. The van der Waals surface area contributed by atoms with Gasteiger partial charge in [-0.05, 0) is 18.5 Å². The maximum Gasteiger partial charge on any atom is 0.127 e. The van der Waals surface area contributed by atoms with E-state index < -0.39 is 0 Å². The van der Waals surface area contributed by atoms with Crippen LogP contribution < -0.4 is 5.32 Å². The summed E-state index contributed by atoms with van der Waals surface area (Å²) in [5.74, 6) is 0. The average molecular weight is 241 g/mol. The number of ether oxygens (including phenoxy) is 2. The molecule has 0 bridgehead atoms. The lowest BCUT2D eigenvalue weighted by molar-refractivity contribution is 0.0759. The number of anilines is 1. The van der Waals surface area contributed by atoms with Crippen molar-refractivity contribution in [1.29, 1.82) is 5.26 Å². The molecule has 0 aliphatic heterocycles. The van der Waals surface area contributed by atoms with Gasteiger partial charge >= 0.3 is 0 Å². The molecular formula is C10H15N3O2S. The van der Waals surface area contributed by atoms with Crippen molar-refractivity contribution in [3.8, 4) is 6.07 Å². The Morgan fingerprint density at radius 1 is 1.44 bits per heavy atom. The fraction of sp³-hybridized carbons (Fsp3) is 0.600. The number of hydrogen-bond donors (Lipinski definition) is 1. The summed E-state index contributed by atoms with van der Waals surface area (Å²) in [7, 11) is 1.64. The number of aryl methyl sites for hydroxylation is 1. The van der Waals surface area contributed by atoms with Gasteiger partial charge in [0.05, 0.1) is 25.5 Å². The summed E-state index contributed by atoms with van der Waals surface area (Å²) >= 11 is 1.31. The second-order valence-electron chi connectivity index (χ2n) is 3.12. The van der Waals surface area contributed by atoms with Gasteiger partial charge in [0.25, 0.3) is 0 Å². The fourth-order valence-electron chi connectivity index (χ4n) is 1.10. The summed E-state index contributed by atoms with van der Waals surface area (Å²) in [6.07, 6.45) is 0. The second-order valence-corrected chi connectivity index (χ2v) is 3.89. The van der Waals surface area contributed by atoms with E-state index >= 15 is 0 Å². The minimum absolute atomic E-state index is 0.588. The molecule has 0 aliphatic rings. The predicted molar refractivity (Wildman–Crippen MR) is 62.8 cm³/mol. The average Bonchev–Trinajstić information content (AvgIpc) is 2.64. The van der Waals surface area contributed by atoms with Crippen molar-refractivity contribution in [3.63, 3.8) is 0 Å².